The molecule has 1 unspecified atom stereocenters. The van der Waals surface area contributed by atoms with Crippen molar-refractivity contribution in [2.45, 2.75) is 13.0 Å². The number of thiazole rings is 1. The number of anilines is 1. The number of amides is 1. The maximum absolute atomic E-state index is 13.3. The molecule has 33 heavy (non-hydrogen) atoms. The molecule has 3 aromatic carbocycles. The van der Waals surface area contributed by atoms with Gasteiger partial charge < -0.3 is 5.11 Å². The van der Waals surface area contributed by atoms with Crippen LogP contribution in [-0.2, 0) is 9.59 Å². The molecule has 1 N–H and O–H groups in total. The molecular weight excluding hydrogens is 524 g/mol. The first-order chi connectivity index (χ1) is 15.8. The first kappa shape index (κ1) is 21.8. The van der Waals surface area contributed by atoms with Crippen molar-refractivity contribution in [1.29, 1.82) is 0 Å². The highest BCUT2D eigenvalue weighted by Gasteiger charge is 2.48. The summed E-state index contributed by atoms with van der Waals surface area (Å²) in [5.41, 5.74) is 2.88. The van der Waals surface area contributed by atoms with Gasteiger partial charge in [-0.25, -0.2) is 4.98 Å². The Morgan fingerprint density at radius 1 is 1.06 bits per heavy atom. The van der Waals surface area contributed by atoms with E-state index in [1.54, 1.807) is 30.3 Å². The van der Waals surface area contributed by atoms with E-state index in [9.17, 15) is 14.7 Å². The number of ketones is 1. The van der Waals surface area contributed by atoms with E-state index in [0.29, 0.717) is 26.8 Å². The molecule has 1 aliphatic rings. The maximum Gasteiger partial charge on any atom is 0.301 e. The van der Waals surface area contributed by atoms with Crippen molar-refractivity contribution in [2.75, 3.05) is 4.90 Å². The van der Waals surface area contributed by atoms with Crippen molar-refractivity contribution >= 4 is 71.7 Å². The first-order valence-electron chi connectivity index (χ1n) is 10.0. The van der Waals surface area contributed by atoms with Crippen LogP contribution in [0.5, 0.6) is 0 Å². The number of nitrogens with zero attached hydrogens (tertiary/aromatic N) is 2. The van der Waals surface area contributed by atoms with Crippen LogP contribution in [0.2, 0.25) is 5.02 Å². The number of carbonyl (C=O) groups is 2. The number of aromatic nitrogens is 1. The molecule has 164 valence electrons. The van der Waals surface area contributed by atoms with Gasteiger partial charge in [-0.2, -0.15) is 0 Å². The molecule has 0 saturated carbocycles. The van der Waals surface area contributed by atoms with Gasteiger partial charge in [0.1, 0.15) is 5.76 Å². The highest BCUT2D eigenvalue weighted by atomic mass is 79.9. The number of aryl methyl sites for hydroxylation is 1. The Bertz CT molecular complexity index is 1450. The molecule has 2 heterocycles. The fourth-order valence-electron chi connectivity index (χ4n) is 3.85. The van der Waals surface area contributed by atoms with Crippen molar-refractivity contribution in [1.82, 2.24) is 4.98 Å². The Morgan fingerprint density at radius 3 is 2.45 bits per heavy atom. The minimum absolute atomic E-state index is 0.0310. The molecule has 1 aromatic heterocycles. The number of halogens is 2. The molecule has 1 fully saturated rings. The van der Waals surface area contributed by atoms with E-state index in [-0.39, 0.29) is 11.3 Å². The van der Waals surface area contributed by atoms with Crippen molar-refractivity contribution in [3.63, 3.8) is 0 Å². The average molecular weight is 540 g/mol. The average Bonchev–Trinajstić information content (AvgIpc) is 3.32. The smallest absolute Gasteiger partial charge is 0.301 e. The van der Waals surface area contributed by atoms with E-state index in [1.807, 2.05) is 43.3 Å². The van der Waals surface area contributed by atoms with Crippen molar-refractivity contribution in [3.8, 4) is 0 Å². The monoisotopic (exact) mass is 538 g/mol. The van der Waals surface area contributed by atoms with Crippen LogP contribution < -0.4 is 4.90 Å². The fraction of sp³-hybridized carbons (Fsp3) is 0.0800. The van der Waals surface area contributed by atoms with Crippen LogP contribution in [0.15, 0.2) is 76.8 Å². The fourth-order valence-corrected chi connectivity index (χ4v) is 5.38. The third-order valence-electron chi connectivity index (χ3n) is 5.50. The second-order valence-electron chi connectivity index (χ2n) is 7.70. The lowest BCUT2D eigenvalue weighted by Crippen LogP contribution is -2.29. The summed E-state index contributed by atoms with van der Waals surface area (Å²) in [6.07, 6.45) is 0. The van der Waals surface area contributed by atoms with Gasteiger partial charge in [-0.3, -0.25) is 14.5 Å². The number of carbonyl (C=O) groups excluding carboxylic acids is 2. The number of aliphatic hydroxyl groups excluding tert-OH is 1. The number of fused-ring (bicyclic) bond motifs is 1. The van der Waals surface area contributed by atoms with Crippen LogP contribution in [0, 0.1) is 6.92 Å². The van der Waals surface area contributed by atoms with Crippen LogP contribution in [0.4, 0.5) is 5.13 Å². The highest BCUT2D eigenvalue weighted by Crippen LogP contribution is 2.44. The van der Waals surface area contributed by atoms with Crippen molar-refractivity contribution in [3.05, 3.63) is 98.5 Å². The Balaban J connectivity index is 1.73. The highest BCUT2D eigenvalue weighted by molar-refractivity contribution is 9.10. The number of aliphatic hydroxyl groups is 1. The number of rotatable bonds is 3. The lowest BCUT2D eigenvalue weighted by Gasteiger charge is -2.23. The van der Waals surface area contributed by atoms with Gasteiger partial charge in [0.05, 0.1) is 21.8 Å². The minimum atomic E-state index is -0.824. The maximum atomic E-state index is 13.3. The van der Waals surface area contributed by atoms with Crippen molar-refractivity contribution < 1.29 is 14.7 Å². The molecule has 0 radical (unpaired) electrons. The lowest BCUT2D eigenvalue weighted by molar-refractivity contribution is -0.132. The Morgan fingerprint density at radius 2 is 1.76 bits per heavy atom. The van der Waals surface area contributed by atoms with Crippen LogP contribution in [0.3, 0.4) is 0 Å². The molecule has 1 amide bonds. The van der Waals surface area contributed by atoms with Crippen molar-refractivity contribution in [2.24, 2.45) is 0 Å². The zero-order chi connectivity index (χ0) is 23.3. The second kappa shape index (κ2) is 8.41. The van der Waals surface area contributed by atoms with Crippen LogP contribution in [-0.4, -0.2) is 21.8 Å². The number of hydrogen-bond donors (Lipinski definition) is 1. The van der Waals surface area contributed by atoms with Gasteiger partial charge in [-0.15, -0.1) is 0 Å². The number of benzene rings is 3. The summed E-state index contributed by atoms with van der Waals surface area (Å²) in [6.45, 7) is 1.93. The van der Waals surface area contributed by atoms with Gasteiger partial charge >= 0.3 is 5.91 Å². The second-order valence-corrected chi connectivity index (χ2v) is 10.1. The van der Waals surface area contributed by atoms with Gasteiger partial charge in [0, 0.05) is 15.1 Å². The summed E-state index contributed by atoms with van der Waals surface area (Å²) >= 11 is 10.8. The zero-order valence-electron chi connectivity index (χ0n) is 17.3. The van der Waals surface area contributed by atoms with E-state index >= 15 is 0 Å². The van der Waals surface area contributed by atoms with E-state index < -0.39 is 17.7 Å². The third kappa shape index (κ3) is 3.86. The standard InChI is InChI=1S/C25H16BrClN2O3S/c1-13-2-4-15(5-3-13)22(30)20-21(14-6-8-16(26)9-7-14)29(24(32)23(20)31)25-28-18-11-10-17(27)12-19(18)33-25/h2-12,21,30H,1H3. The summed E-state index contributed by atoms with van der Waals surface area (Å²) in [4.78, 5) is 32.4. The molecule has 1 atom stereocenters. The Labute approximate surface area is 207 Å². The number of hydrogen-bond acceptors (Lipinski definition) is 5. The molecule has 4 aromatic rings. The van der Waals surface area contributed by atoms with Gasteiger partial charge in [0.15, 0.2) is 5.13 Å². The van der Waals surface area contributed by atoms with Gasteiger partial charge in [0.25, 0.3) is 5.78 Å². The summed E-state index contributed by atoms with van der Waals surface area (Å²) in [5, 5.41) is 12.1. The van der Waals surface area contributed by atoms with Gasteiger partial charge in [-0.1, -0.05) is 80.8 Å². The topological polar surface area (TPSA) is 70.5 Å². The quantitative estimate of drug-likeness (QED) is 0.180. The Kier molecular flexibility index (Phi) is 5.56. The number of Topliss-reactive ketones (excluding diaryl/α,β-unsaturated/α-hetero) is 1. The summed E-state index contributed by atoms with van der Waals surface area (Å²) in [7, 11) is 0. The lowest BCUT2D eigenvalue weighted by atomic mass is 9.95. The van der Waals surface area contributed by atoms with Crippen LogP contribution in [0.25, 0.3) is 16.0 Å². The first-order valence-corrected chi connectivity index (χ1v) is 12.0. The molecule has 1 aliphatic heterocycles. The van der Waals surface area contributed by atoms with E-state index in [0.717, 1.165) is 14.7 Å². The molecule has 0 aliphatic carbocycles. The summed E-state index contributed by atoms with van der Waals surface area (Å²) < 4.78 is 1.66. The van der Waals surface area contributed by atoms with E-state index in [1.165, 1.54) is 16.2 Å². The SMILES string of the molecule is Cc1ccc(C(O)=C2C(=O)C(=O)N(c3nc4ccc(Cl)cc4s3)C2c2ccc(Br)cc2)cc1. The third-order valence-corrected chi connectivity index (χ3v) is 7.28. The summed E-state index contributed by atoms with van der Waals surface area (Å²) in [5.74, 6) is -1.70. The summed E-state index contributed by atoms with van der Waals surface area (Å²) in [6, 6.07) is 18.9. The van der Waals surface area contributed by atoms with E-state index in [2.05, 4.69) is 20.9 Å². The molecule has 5 rings (SSSR count). The van der Waals surface area contributed by atoms with Crippen LogP contribution >= 0.6 is 38.9 Å². The minimum Gasteiger partial charge on any atom is -0.507 e. The molecule has 5 nitrogen and oxygen atoms in total. The van der Waals surface area contributed by atoms with Gasteiger partial charge in [-0.05, 0) is 42.8 Å². The molecular formula is C25H16BrClN2O3S. The van der Waals surface area contributed by atoms with Crippen LogP contribution in [0.1, 0.15) is 22.7 Å². The van der Waals surface area contributed by atoms with Gasteiger partial charge in [0.2, 0.25) is 0 Å². The Hall–Kier alpha value is -3.00. The molecule has 0 spiro atoms. The zero-order valence-corrected chi connectivity index (χ0v) is 20.4. The molecule has 0 bridgehead atoms. The largest absolute Gasteiger partial charge is 0.507 e. The molecule has 1 saturated heterocycles. The molecule has 8 heteroatoms. The normalized spacial score (nSPS) is 17.8. The van der Waals surface area contributed by atoms with E-state index in [4.69, 9.17) is 11.6 Å². The predicted molar refractivity (Wildman–Crippen MR) is 135 cm³/mol. The predicted octanol–water partition coefficient (Wildman–Crippen LogP) is 6.65.